The molecule has 94 valence electrons. The van der Waals surface area contributed by atoms with Gasteiger partial charge < -0.3 is 9.47 Å². The summed E-state index contributed by atoms with van der Waals surface area (Å²) in [6.45, 7) is 1.89. The molecule has 0 spiro atoms. The van der Waals surface area contributed by atoms with E-state index in [0.717, 1.165) is 5.56 Å². The largest absolute Gasteiger partial charge is 0.341 e. The normalized spacial score (nSPS) is 34.7. The van der Waals surface area contributed by atoms with Crippen molar-refractivity contribution in [1.82, 2.24) is 0 Å². The molecule has 0 bridgehead atoms. The van der Waals surface area contributed by atoms with Crippen molar-refractivity contribution in [3.8, 4) is 0 Å². The van der Waals surface area contributed by atoms with Crippen molar-refractivity contribution in [2.75, 3.05) is 0 Å². The number of ether oxygens (including phenoxy) is 2. The number of carbonyl (C=O) groups is 1. The molecule has 1 aromatic carbocycles. The highest BCUT2D eigenvalue weighted by molar-refractivity contribution is 5.91. The van der Waals surface area contributed by atoms with Gasteiger partial charge in [-0.15, -0.1) is 0 Å². The number of rotatable bonds is 1. The fourth-order valence-corrected chi connectivity index (χ4v) is 2.29. The van der Waals surface area contributed by atoms with Crippen molar-refractivity contribution >= 4 is 5.78 Å². The van der Waals surface area contributed by atoms with Gasteiger partial charge in [0.15, 0.2) is 12.1 Å². The molecule has 3 atom stereocenters. The minimum atomic E-state index is -0.576. The van der Waals surface area contributed by atoms with E-state index < -0.39 is 11.9 Å². The minimum absolute atomic E-state index is 0.0424. The topological polar surface area (TPSA) is 35.5 Å². The van der Waals surface area contributed by atoms with Gasteiger partial charge in [-0.25, -0.2) is 4.39 Å². The third-order valence-corrected chi connectivity index (χ3v) is 3.42. The minimum Gasteiger partial charge on any atom is -0.341 e. The van der Waals surface area contributed by atoms with Gasteiger partial charge in [-0.05, 0) is 31.2 Å². The number of hydrogen-bond acceptors (Lipinski definition) is 3. The monoisotopic (exact) mass is 248 g/mol. The number of halogens is 1. The van der Waals surface area contributed by atoms with E-state index in [-0.39, 0.29) is 17.7 Å². The number of carbonyl (C=O) groups excluding carboxylic acids is 1. The highest BCUT2D eigenvalue weighted by Crippen LogP contribution is 2.42. The second-order valence-electron chi connectivity index (χ2n) is 4.81. The Labute approximate surface area is 104 Å². The zero-order valence-corrected chi connectivity index (χ0v) is 9.93. The fraction of sp³-hybridized carbons (Fsp3) is 0.357. The van der Waals surface area contributed by atoms with E-state index in [2.05, 4.69) is 0 Å². The van der Waals surface area contributed by atoms with E-state index in [0.29, 0.717) is 6.42 Å². The average molecular weight is 248 g/mol. The first kappa shape index (κ1) is 11.6. The maximum Gasteiger partial charge on any atom is 0.185 e. The Morgan fingerprint density at radius 2 is 2.06 bits per heavy atom. The summed E-state index contributed by atoms with van der Waals surface area (Å²) in [4.78, 5) is 11.4. The van der Waals surface area contributed by atoms with Crippen LogP contribution in [0.2, 0.25) is 0 Å². The average Bonchev–Trinajstić information content (AvgIpc) is 2.67. The highest BCUT2D eigenvalue weighted by atomic mass is 19.1. The standard InChI is InChI=1S/C14H13FO3/c1-14-7-6-11(16)8-12(14)17-13(18-14)9-2-4-10(15)5-3-9/h2-7,12-13H,8H2,1H3/t12-,13+,14+/m1/s1. The van der Waals surface area contributed by atoms with E-state index in [1.807, 2.05) is 6.92 Å². The maximum atomic E-state index is 12.9. The van der Waals surface area contributed by atoms with E-state index in [4.69, 9.17) is 9.47 Å². The molecule has 3 nitrogen and oxygen atoms in total. The van der Waals surface area contributed by atoms with Crippen LogP contribution in [0.25, 0.3) is 0 Å². The second-order valence-corrected chi connectivity index (χ2v) is 4.81. The lowest BCUT2D eigenvalue weighted by atomic mass is 9.89. The Morgan fingerprint density at radius 1 is 1.33 bits per heavy atom. The van der Waals surface area contributed by atoms with Crippen LogP contribution >= 0.6 is 0 Å². The molecule has 1 aromatic rings. The smallest absolute Gasteiger partial charge is 0.185 e. The van der Waals surface area contributed by atoms with Crippen molar-refractivity contribution in [1.29, 1.82) is 0 Å². The summed E-state index contributed by atoms with van der Waals surface area (Å²) >= 11 is 0. The molecule has 3 rings (SSSR count). The first-order valence-corrected chi connectivity index (χ1v) is 5.88. The van der Waals surface area contributed by atoms with Crippen molar-refractivity contribution in [3.05, 3.63) is 47.8 Å². The van der Waals surface area contributed by atoms with Gasteiger partial charge in [0.2, 0.25) is 0 Å². The molecule has 1 saturated heterocycles. The summed E-state index contributed by atoms with van der Waals surface area (Å²) in [6.07, 6.45) is 2.78. The summed E-state index contributed by atoms with van der Waals surface area (Å²) in [7, 11) is 0. The molecule has 0 unspecified atom stereocenters. The van der Waals surface area contributed by atoms with Crippen molar-refractivity contribution in [2.24, 2.45) is 0 Å². The predicted octanol–water partition coefficient (Wildman–Crippen LogP) is 2.53. The molecular formula is C14H13FO3. The molecule has 0 aromatic heterocycles. The van der Waals surface area contributed by atoms with Crippen molar-refractivity contribution in [2.45, 2.75) is 31.3 Å². The molecule has 0 amide bonds. The van der Waals surface area contributed by atoms with Crippen LogP contribution in [0.4, 0.5) is 4.39 Å². The lowest BCUT2D eigenvalue weighted by molar-refractivity contribution is -0.118. The Bertz CT molecular complexity index is 508. The van der Waals surface area contributed by atoms with E-state index >= 15 is 0 Å². The molecule has 4 heteroatoms. The van der Waals surface area contributed by atoms with Crippen molar-refractivity contribution in [3.63, 3.8) is 0 Å². The predicted molar refractivity (Wildman–Crippen MR) is 62.3 cm³/mol. The third-order valence-electron chi connectivity index (χ3n) is 3.42. The number of hydrogen-bond donors (Lipinski definition) is 0. The molecule has 18 heavy (non-hydrogen) atoms. The molecule has 0 saturated carbocycles. The quantitative estimate of drug-likeness (QED) is 0.766. The van der Waals surface area contributed by atoms with Crippen LogP contribution in [0, 0.1) is 5.82 Å². The van der Waals surface area contributed by atoms with Crippen LogP contribution in [-0.2, 0) is 14.3 Å². The van der Waals surface area contributed by atoms with Crippen LogP contribution in [0.15, 0.2) is 36.4 Å². The molecule has 1 aliphatic heterocycles. The number of fused-ring (bicyclic) bond motifs is 1. The Balaban J connectivity index is 1.85. The van der Waals surface area contributed by atoms with Gasteiger partial charge in [-0.3, -0.25) is 4.79 Å². The molecule has 1 fully saturated rings. The summed E-state index contributed by atoms with van der Waals surface area (Å²) < 4.78 is 24.4. The summed E-state index contributed by atoms with van der Waals surface area (Å²) in [5.74, 6) is -0.253. The van der Waals surface area contributed by atoms with Crippen LogP contribution in [-0.4, -0.2) is 17.5 Å². The molecule has 0 N–H and O–H groups in total. The first-order valence-electron chi connectivity index (χ1n) is 5.88. The Kier molecular flexibility index (Phi) is 2.57. The summed E-state index contributed by atoms with van der Waals surface area (Å²) in [5, 5.41) is 0. The molecule has 1 heterocycles. The van der Waals surface area contributed by atoms with Gasteiger partial charge in [-0.1, -0.05) is 12.1 Å². The van der Waals surface area contributed by atoms with Gasteiger partial charge in [0.25, 0.3) is 0 Å². The SMILES string of the molecule is C[C@]12C=CC(=O)C[C@H]1O[C@H](c1ccc(F)cc1)O2. The van der Waals surface area contributed by atoms with Gasteiger partial charge in [0.05, 0.1) is 0 Å². The van der Waals surface area contributed by atoms with E-state index in [1.165, 1.54) is 18.2 Å². The summed E-state index contributed by atoms with van der Waals surface area (Å²) in [6, 6.07) is 6.00. The zero-order valence-electron chi connectivity index (χ0n) is 9.93. The molecule has 1 aliphatic carbocycles. The molecular weight excluding hydrogens is 235 g/mol. The number of ketones is 1. The van der Waals surface area contributed by atoms with E-state index in [1.54, 1.807) is 18.2 Å². The maximum absolute atomic E-state index is 12.9. The van der Waals surface area contributed by atoms with E-state index in [9.17, 15) is 9.18 Å². The highest BCUT2D eigenvalue weighted by Gasteiger charge is 2.47. The Morgan fingerprint density at radius 3 is 2.78 bits per heavy atom. The van der Waals surface area contributed by atoms with Gasteiger partial charge >= 0.3 is 0 Å². The second kappa shape index (κ2) is 4.00. The lowest BCUT2D eigenvalue weighted by Gasteiger charge is -2.26. The van der Waals surface area contributed by atoms with Crippen LogP contribution in [0.1, 0.15) is 25.2 Å². The van der Waals surface area contributed by atoms with Gasteiger partial charge in [0, 0.05) is 12.0 Å². The van der Waals surface area contributed by atoms with Gasteiger partial charge in [-0.2, -0.15) is 0 Å². The number of allylic oxidation sites excluding steroid dienone is 1. The van der Waals surface area contributed by atoms with Crippen LogP contribution < -0.4 is 0 Å². The summed E-state index contributed by atoms with van der Waals surface area (Å²) in [5.41, 5.74) is 0.181. The lowest BCUT2D eigenvalue weighted by Crippen LogP contribution is -2.38. The molecule has 0 radical (unpaired) electrons. The third kappa shape index (κ3) is 1.87. The van der Waals surface area contributed by atoms with Gasteiger partial charge in [0.1, 0.15) is 17.5 Å². The van der Waals surface area contributed by atoms with Crippen molar-refractivity contribution < 1.29 is 18.7 Å². The first-order chi connectivity index (χ1) is 8.57. The van der Waals surface area contributed by atoms with Crippen LogP contribution in [0.3, 0.4) is 0 Å². The molecule has 2 aliphatic rings. The Hall–Kier alpha value is -1.52. The zero-order chi connectivity index (χ0) is 12.8. The fourth-order valence-electron chi connectivity index (χ4n) is 2.29. The number of benzene rings is 1. The van der Waals surface area contributed by atoms with Crippen LogP contribution in [0.5, 0.6) is 0 Å².